The molecule has 5 heteroatoms. The van der Waals surface area contributed by atoms with E-state index < -0.39 is 6.03 Å². The Hall–Kier alpha value is -1.10. The SMILES string of the molecule is CC(C)C(=O)CNC(=O)NN. The first-order valence-electron chi connectivity index (χ1n) is 3.35. The summed E-state index contributed by atoms with van der Waals surface area (Å²) in [6.07, 6.45) is 0. The van der Waals surface area contributed by atoms with Crippen molar-refractivity contribution >= 4 is 11.8 Å². The van der Waals surface area contributed by atoms with E-state index in [4.69, 9.17) is 5.84 Å². The monoisotopic (exact) mass is 159 g/mol. The van der Waals surface area contributed by atoms with Crippen molar-refractivity contribution < 1.29 is 9.59 Å². The third-order valence-electron chi connectivity index (χ3n) is 1.20. The number of urea groups is 1. The van der Waals surface area contributed by atoms with E-state index in [0.717, 1.165) is 0 Å². The molecule has 11 heavy (non-hydrogen) atoms. The van der Waals surface area contributed by atoms with E-state index in [1.807, 2.05) is 5.43 Å². The molecule has 0 heterocycles. The summed E-state index contributed by atoms with van der Waals surface area (Å²) in [6.45, 7) is 3.56. The van der Waals surface area contributed by atoms with Crippen LogP contribution in [0.4, 0.5) is 4.79 Å². The van der Waals surface area contributed by atoms with Gasteiger partial charge in [0, 0.05) is 5.92 Å². The molecule has 0 spiro atoms. The van der Waals surface area contributed by atoms with E-state index in [1.165, 1.54) is 0 Å². The van der Waals surface area contributed by atoms with Gasteiger partial charge in [-0.25, -0.2) is 10.6 Å². The molecule has 0 aliphatic carbocycles. The van der Waals surface area contributed by atoms with Crippen molar-refractivity contribution in [2.45, 2.75) is 13.8 Å². The van der Waals surface area contributed by atoms with Crippen molar-refractivity contribution in [1.82, 2.24) is 10.7 Å². The lowest BCUT2D eigenvalue weighted by Gasteiger charge is -2.04. The number of hydrazine groups is 1. The Balaban J connectivity index is 3.54. The Bertz CT molecular complexity index is 156. The number of hydrogen-bond donors (Lipinski definition) is 3. The van der Waals surface area contributed by atoms with E-state index in [0.29, 0.717) is 0 Å². The summed E-state index contributed by atoms with van der Waals surface area (Å²) < 4.78 is 0. The molecule has 0 aliphatic heterocycles. The lowest BCUT2D eigenvalue weighted by molar-refractivity contribution is -0.120. The molecule has 0 aromatic rings. The minimum Gasteiger partial charge on any atom is -0.330 e. The number of carbonyl (C=O) groups is 2. The predicted octanol–water partition coefficient (Wildman–Crippen LogP) is -0.616. The second-order valence-corrected chi connectivity index (χ2v) is 2.45. The van der Waals surface area contributed by atoms with E-state index in [9.17, 15) is 9.59 Å². The maximum atomic E-state index is 10.9. The number of nitrogens with one attached hydrogen (secondary N) is 2. The molecule has 4 N–H and O–H groups in total. The largest absolute Gasteiger partial charge is 0.330 e. The molecular weight excluding hydrogens is 146 g/mol. The fourth-order valence-electron chi connectivity index (χ4n) is 0.423. The average molecular weight is 159 g/mol. The van der Waals surface area contributed by atoms with Gasteiger partial charge in [0.1, 0.15) is 0 Å². The van der Waals surface area contributed by atoms with Gasteiger partial charge in [0.25, 0.3) is 0 Å². The zero-order valence-electron chi connectivity index (χ0n) is 6.68. The molecule has 5 nitrogen and oxygen atoms in total. The molecule has 0 radical (unpaired) electrons. The quantitative estimate of drug-likeness (QED) is 0.291. The van der Waals surface area contributed by atoms with Crippen LogP contribution in [0.15, 0.2) is 0 Å². The van der Waals surface area contributed by atoms with Crippen molar-refractivity contribution in [3.8, 4) is 0 Å². The van der Waals surface area contributed by atoms with Gasteiger partial charge in [0.2, 0.25) is 0 Å². The normalized spacial score (nSPS) is 9.45. The molecule has 0 aromatic heterocycles. The van der Waals surface area contributed by atoms with Crippen molar-refractivity contribution in [3.05, 3.63) is 0 Å². The first-order valence-corrected chi connectivity index (χ1v) is 3.35. The highest BCUT2D eigenvalue weighted by Crippen LogP contribution is 1.91. The maximum Gasteiger partial charge on any atom is 0.329 e. The van der Waals surface area contributed by atoms with Gasteiger partial charge in [-0.05, 0) is 0 Å². The molecule has 0 saturated carbocycles. The van der Waals surface area contributed by atoms with Crippen LogP contribution < -0.4 is 16.6 Å². The molecule has 0 bridgehead atoms. The van der Waals surface area contributed by atoms with E-state index in [2.05, 4.69) is 5.32 Å². The van der Waals surface area contributed by atoms with Gasteiger partial charge in [0.05, 0.1) is 6.54 Å². The molecule has 2 amide bonds. The van der Waals surface area contributed by atoms with Gasteiger partial charge >= 0.3 is 6.03 Å². The van der Waals surface area contributed by atoms with Crippen molar-refractivity contribution in [2.75, 3.05) is 6.54 Å². The lowest BCUT2D eigenvalue weighted by atomic mass is 10.1. The Morgan fingerprint density at radius 2 is 2.00 bits per heavy atom. The highest BCUT2D eigenvalue weighted by molar-refractivity contribution is 5.86. The first-order chi connectivity index (χ1) is 5.07. The number of ketones is 1. The van der Waals surface area contributed by atoms with Crippen molar-refractivity contribution in [3.63, 3.8) is 0 Å². The highest BCUT2D eigenvalue weighted by Gasteiger charge is 2.07. The van der Waals surface area contributed by atoms with Gasteiger partial charge in [-0.3, -0.25) is 10.2 Å². The fourth-order valence-corrected chi connectivity index (χ4v) is 0.423. The minimum absolute atomic E-state index is 0.0198. The predicted molar refractivity (Wildman–Crippen MR) is 40.6 cm³/mol. The van der Waals surface area contributed by atoms with E-state index >= 15 is 0 Å². The Morgan fingerprint density at radius 1 is 1.45 bits per heavy atom. The van der Waals surface area contributed by atoms with Crippen molar-refractivity contribution in [1.29, 1.82) is 0 Å². The number of rotatable bonds is 3. The molecule has 0 saturated heterocycles. The molecule has 64 valence electrons. The molecule has 0 unspecified atom stereocenters. The zero-order valence-corrected chi connectivity index (χ0v) is 6.68. The molecule has 0 fully saturated rings. The summed E-state index contributed by atoms with van der Waals surface area (Å²) in [5.74, 6) is 4.68. The van der Waals surface area contributed by atoms with Crippen LogP contribution in [-0.4, -0.2) is 18.4 Å². The van der Waals surface area contributed by atoms with Crippen LogP contribution in [0.1, 0.15) is 13.8 Å². The molecule has 0 atom stereocenters. The second kappa shape index (κ2) is 4.68. The van der Waals surface area contributed by atoms with Crippen LogP contribution in [0.5, 0.6) is 0 Å². The molecule has 0 aliphatic rings. The van der Waals surface area contributed by atoms with Gasteiger partial charge in [-0.15, -0.1) is 0 Å². The second-order valence-electron chi connectivity index (χ2n) is 2.45. The summed E-state index contributed by atoms with van der Waals surface area (Å²) >= 11 is 0. The van der Waals surface area contributed by atoms with Crippen molar-refractivity contribution in [2.24, 2.45) is 11.8 Å². The van der Waals surface area contributed by atoms with Crippen LogP contribution >= 0.6 is 0 Å². The van der Waals surface area contributed by atoms with Gasteiger partial charge in [-0.1, -0.05) is 13.8 Å². The third-order valence-corrected chi connectivity index (χ3v) is 1.20. The molecule has 0 rings (SSSR count). The van der Waals surface area contributed by atoms with Crippen LogP contribution in [-0.2, 0) is 4.79 Å². The smallest absolute Gasteiger partial charge is 0.329 e. The highest BCUT2D eigenvalue weighted by atomic mass is 16.2. The summed E-state index contributed by atoms with van der Waals surface area (Å²) in [5, 5.41) is 2.29. The maximum absolute atomic E-state index is 10.9. The molecule has 0 aromatic carbocycles. The summed E-state index contributed by atoms with van der Waals surface area (Å²) in [4.78, 5) is 21.3. The van der Waals surface area contributed by atoms with E-state index in [1.54, 1.807) is 13.8 Å². The summed E-state index contributed by atoms with van der Waals surface area (Å²) in [7, 11) is 0. The zero-order chi connectivity index (χ0) is 8.85. The fraction of sp³-hybridized carbons (Fsp3) is 0.667. The molecular formula is C6H13N3O2. The Labute approximate surface area is 65.3 Å². The van der Waals surface area contributed by atoms with Crippen LogP contribution in [0, 0.1) is 5.92 Å². The van der Waals surface area contributed by atoms with Crippen LogP contribution in [0.2, 0.25) is 0 Å². The minimum atomic E-state index is -0.543. The first kappa shape index (κ1) is 9.90. The van der Waals surface area contributed by atoms with Gasteiger partial charge < -0.3 is 5.32 Å². The standard InChI is InChI=1S/C6H13N3O2/c1-4(2)5(10)3-8-6(11)9-7/h4H,3,7H2,1-2H3,(H2,8,9,11). The number of carbonyl (C=O) groups excluding carboxylic acids is 2. The summed E-state index contributed by atoms with van der Waals surface area (Å²) in [5.41, 5.74) is 1.86. The van der Waals surface area contributed by atoms with Gasteiger partial charge in [-0.2, -0.15) is 0 Å². The average Bonchev–Trinajstić information content (AvgIpc) is 1.99. The van der Waals surface area contributed by atoms with Gasteiger partial charge in [0.15, 0.2) is 5.78 Å². The lowest BCUT2D eigenvalue weighted by Crippen LogP contribution is -2.42. The van der Waals surface area contributed by atoms with Crippen LogP contribution in [0.3, 0.4) is 0 Å². The number of hydrogen-bond acceptors (Lipinski definition) is 3. The number of amides is 2. The van der Waals surface area contributed by atoms with E-state index in [-0.39, 0.29) is 18.2 Å². The summed E-state index contributed by atoms with van der Waals surface area (Å²) in [6, 6.07) is -0.543. The Morgan fingerprint density at radius 3 is 2.36 bits per heavy atom. The number of nitrogens with two attached hydrogens (primary N) is 1. The topological polar surface area (TPSA) is 84.2 Å². The number of Topliss-reactive ketones (excluding diaryl/α,β-unsaturated/α-hetero) is 1. The third kappa shape index (κ3) is 4.32. The van der Waals surface area contributed by atoms with Crippen LogP contribution in [0.25, 0.3) is 0 Å². The Kier molecular flexibility index (Phi) is 4.21.